The second kappa shape index (κ2) is 8.55. The fourth-order valence-electron chi connectivity index (χ4n) is 2.76. The van der Waals surface area contributed by atoms with Crippen LogP contribution in [0, 0.1) is 0 Å². The number of rotatable bonds is 8. The van der Waals surface area contributed by atoms with Gasteiger partial charge in [-0.15, -0.1) is 0 Å². The lowest BCUT2D eigenvalue weighted by molar-refractivity contribution is 0.402. The van der Waals surface area contributed by atoms with E-state index in [4.69, 9.17) is 0 Å². The minimum absolute atomic E-state index is 0.726. The lowest BCUT2D eigenvalue weighted by Crippen LogP contribution is -2.17. The molecule has 0 fully saturated rings. The summed E-state index contributed by atoms with van der Waals surface area (Å²) < 4.78 is 0. The summed E-state index contributed by atoms with van der Waals surface area (Å²) >= 11 is 0. The maximum absolute atomic E-state index is 4.51. The van der Waals surface area contributed by atoms with E-state index in [9.17, 15) is 0 Å². The van der Waals surface area contributed by atoms with E-state index >= 15 is 0 Å². The van der Waals surface area contributed by atoms with E-state index < -0.39 is 0 Å². The van der Waals surface area contributed by atoms with Crippen LogP contribution in [0.2, 0.25) is 0 Å². The third kappa shape index (κ3) is 5.24. The minimum atomic E-state index is 0.726. The molecule has 0 bridgehead atoms. The Kier molecular flexibility index (Phi) is 5.93. The van der Waals surface area contributed by atoms with E-state index in [1.54, 1.807) is 4.80 Å². The van der Waals surface area contributed by atoms with Crippen LogP contribution in [-0.2, 0) is 19.5 Å². The Morgan fingerprint density at radius 3 is 2.60 bits per heavy atom. The van der Waals surface area contributed by atoms with Crippen LogP contribution in [0.1, 0.15) is 16.8 Å². The van der Waals surface area contributed by atoms with Crippen molar-refractivity contribution >= 4 is 0 Å². The Balaban J connectivity index is 1.47. The number of nitrogens with one attached hydrogen (secondary N) is 1. The highest BCUT2D eigenvalue weighted by atomic mass is 15.5. The summed E-state index contributed by atoms with van der Waals surface area (Å²) in [5.74, 6) is 0. The van der Waals surface area contributed by atoms with Gasteiger partial charge in [0, 0.05) is 13.1 Å². The van der Waals surface area contributed by atoms with Gasteiger partial charge in [0.1, 0.15) is 0 Å². The predicted octanol–water partition coefficient (Wildman–Crippen LogP) is 2.66. The number of aromatic nitrogens is 3. The van der Waals surface area contributed by atoms with Crippen molar-refractivity contribution in [3.05, 3.63) is 77.6 Å². The van der Waals surface area contributed by atoms with Crippen LogP contribution < -0.4 is 5.32 Å². The Labute approximate surface area is 149 Å². The molecule has 3 rings (SSSR count). The lowest BCUT2D eigenvalue weighted by atomic mass is 10.1. The molecule has 0 aliphatic heterocycles. The Hall–Kier alpha value is -2.50. The van der Waals surface area contributed by atoms with Crippen LogP contribution in [0.5, 0.6) is 0 Å². The molecule has 25 heavy (non-hydrogen) atoms. The number of nitrogens with zero attached hydrogens (tertiary/aromatic N) is 4. The summed E-state index contributed by atoms with van der Waals surface area (Å²) in [6.07, 6.45) is 2.83. The molecular formula is C20H25N5. The van der Waals surface area contributed by atoms with Gasteiger partial charge in [-0.1, -0.05) is 42.5 Å². The molecule has 1 aromatic heterocycles. The lowest BCUT2D eigenvalue weighted by Gasteiger charge is -2.11. The van der Waals surface area contributed by atoms with E-state index in [1.807, 2.05) is 36.5 Å². The van der Waals surface area contributed by atoms with E-state index in [0.29, 0.717) is 0 Å². The summed E-state index contributed by atoms with van der Waals surface area (Å²) in [5.41, 5.74) is 4.64. The molecule has 3 aromatic rings. The SMILES string of the molecule is CN(C)Cc1cccc(CCNCc2cnn(-c3ccccc3)n2)c1. The van der Waals surface area contributed by atoms with Crippen LogP contribution in [0.3, 0.4) is 0 Å². The molecule has 1 heterocycles. The van der Waals surface area contributed by atoms with Gasteiger partial charge in [-0.3, -0.25) is 0 Å². The summed E-state index contributed by atoms with van der Waals surface area (Å²) in [6.45, 7) is 2.62. The van der Waals surface area contributed by atoms with Crippen LogP contribution >= 0.6 is 0 Å². The zero-order chi connectivity index (χ0) is 17.5. The number of para-hydroxylation sites is 1. The Morgan fingerprint density at radius 1 is 1.00 bits per heavy atom. The van der Waals surface area contributed by atoms with Gasteiger partial charge in [-0.05, 0) is 50.3 Å². The molecule has 0 aliphatic rings. The second-order valence-corrected chi connectivity index (χ2v) is 6.45. The van der Waals surface area contributed by atoms with E-state index in [2.05, 4.69) is 58.8 Å². The minimum Gasteiger partial charge on any atom is -0.311 e. The van der Waals surface area contributed by atoms with Crippen LogP contribution in [-0.4, -0.2) is 40.5 Å². The molecule has 130 valence electrons. The molecule has 5 nitrogen and oxygen atoms in total. The molecule has 0 aliphatic carbocycles. The first-order valence-electron chi connectivity index (χ1n) is 8.60. The molecule has 0 atom stereocenters. The number of benzene rings is 2. The standard InChI is InChI=1S/C20H25N5/c1-24(2)16-18-8-6-7-17(13-18)11-12-21-14-19-15-22-25(23-19)20-9-4-3-5-10-20/h3-10,13,15,21H,11-12,14,16H2,1-2H3. The zero-order valence-electron chi connectivity index (χ0n) is 14.9. The van der Waals surface area contributed by atoms with Crippen molar-refractivity contribution in [2.45, 2.75) is 19.5 Å². The fourth-order valence-corrected chi connectivity index (χ4v) is 2.76. The van der Waals surface area contributed by atoms with Gasteiger partial charge < -0.3 is 10.2 Å². The molecule has 0 spiro atoms. The average molecular weight is 335 g/mol. The average Bonchev–Trinajstić information content (AvgIpc) is 3.08. The van der Waals surface area contributed by atoms with E-state index in [0.717, 1.165) is 37.4 Å². The van der Waals surface area contributed by atoms with Crippen molar-refractivity contribution in [3.63, 3.8) is 0 Å². The first kappa shape index (κ1) is 17.3. The molecule has 0 saturated carbocycles. The van der Waals surface area contributed by atoms with Crippen molar-refractivity contribution in [3.8, 4) is 5.69 Å². The summed E-state index contributed by atoms with van der Waals surface area (Å²) in [4.78, 5) is 3.86. The number of hydrogen-bond donors (Lipinski definition) is 1. The molecule has 0 unspecified atom stereocenters. The van der Waals surface area contributed by atoms with Gasteiger partial charge in [0.15, 0.2) is 0 Å². The van der Waals surface area contributed by atoms with Gasteiger partial charge in [0.2, 0.25) is 0 Å². The molecule has 0 radical (unpaired) electrons. The maximum atomic E-state index is 4.51. The predicted molar refractivity (Wildman–Crippen MR) is 101 cm³/mol. The highest BCUT2D eigenvalue weighted by Crippen LogP contribution is 2.08. The largest absolute Gasteiger partial charge is 0.311 e. The molecule has 0 amide bonds. The zero-order valence-corrected chi connectivity index (χ0v) is 14.9. The van der Waals surface area contributed by atoms with Crippen molar-refractivity contribution < 1.29 is 0 Å². The molecular weight excluding hydrogens is 310 g/mol. The monoisotopic (exact) mass is 335 g/mol. The third-order valence-corrected chi connectivity index (χ3v) is 3.91. The topological polar surface area (TPSA) is 46.0 Å². The van der Waals surface area contributed by atoms with Gasteiger partial charge >= 0.3 is 0 Å². The molecule has 2 aromatic carbocycles. The van der Waals surface area contributed by atoms with Crippen LogP contribution in [0.4, 0.5) is 0 Å². The smallest absolute Gasteiger partial charge is 0.0969 e. The highest BCUT2D eigenvalue weighted by Gasteiger charge is 2.03. The molecule has 1 N–H and O–H groups in total. The Bertz CT molecular complexity index is 780. The van der Waals surface area contributed by atoms with Gasteiger partial charge in [0.05, 0.1) is 17.6 Å². The first-order valence-corrected chi connectivity index (χ1v) is 8.60. The summed E-state index contributed by atoms with van der Waals surface area (Å²) in [5, 5.41) is 12.3. The molecule has 0 saturated heterocycles. The van der Waals surface area contributed by atoms with Crippen molar-refractivity contribution in [2.24, 2.45) is 0 Å². The fraction of sp³-hybridized carbons (Fsp3) is 0.300. The van der Waals surface area contributed by atoms with Crippen molar-refractivity contribution in [1.82, 2.24) is 25.2 Å². The maximum Gasteiger partial charge on any atom is 0.0969 e. The first-order chi connectivity index (χ1) is 12.2. The van der Waals surface area contributed by atoms with E-state index in [1.165, 1.54) is 11.1 Å². The third-order valence-electron chi connectivity index (χ3n) is 3.91. The van der Waals surface area contributed by atoms with Crippen LogP contribution in [0.15, 0.2) is 60.8 Å². The van der Waals surface area contributed by atoms with E-state index in [-0.39, 0.29) is 0 Å². The number of hydrogen-bond acceptors (Lipinski definition) is 4. The van der Waals surface area contributed by atoms with Crippen LogP contribution in [0.25, 0.3) is 5.69 Å². The van der Waals surface area contributed by atoms with Gasteiger partial charge in [0.25, 0.3) is 0 Å². The Morgan fingerprint density at radius 2 is 1.80 bits per heavy atom. The summed E-state index contributed by atoms with van der Waals surface area (Å²) in [7, 11) is 4.19. The quantitative estimate of drug-likeness (QED) is 0.643. The molecule has 5 heteroatoms. The summed E-state index contributed by atoms with van der Waals surface area (Å²) in [6, 6.07) is 18.7. The van der Waals surface area contributed by atoms with Gasteiger partial charge in [-0.2, -0.15) is 15.0 Å². The normalized spacial score (nSPS) is 11.2. The van der Waals surface area contributed by atoms with Gasteiger partial charge in [-0.25, -0.2) is 0 Å². The van der Waals surface area contributed by atoms with Crippen molar-refractivity contribution in [2.75, 3.05) is 20.6 Å². The highest BCUT2D eigenvalue weighted by molar-refractivity contribution is 5.28. The second-order valence-electron chi connectivity index (χ2n) is 6.45. The van der Waals surface area contributed by atoms with Crippen molar-refractivity contribution in [1.29, 1.82) is 0 Å².